The van der Waals surface area contributed by atoms with Crippen molar-refractivity contribution in [2.75, 3.05) is 19.0 Å². The molecule has 5 heteroatoms. The first-order chi connectivity index (χ1) is 13.2. The van der Waals surface area contributed by atoms with Gasteiger partial charge in [0.15, 0.2) is 0 Å². The molecule has 0 radical (unpaired) electrons. The molecule has 1 heterocycles. The lowest BCUT2D eigenvalue weighted by atomic mass is 10.0. The van der Waals surface area contributed by atoms with Crippen LogP contribution in [-0.2, 0) is 11.2 Å². The molecule has 0 bridgehead atoms. The number of hydrogen-bond donors (Lipinski definition) is 2. The van der Waals surface area contributed by atoms with Gasteiger partial charge in [0.1, 0.15) is 5.75 Å². The zero-order chi connectivity index (χ0) is 19.1. The van der Waals surface area contributed by atoms with E-state index in [1.54, 1.807) is 18.4 Å². The Morgan fingerprint density at radius 3 is 2.52 bits per heavy atom. The van der Waals surface area contributed by atoms with E-state index in [1.807, 2.05) is 30.3 Å². The van der Waals surface area contributed by atoms with E-state index in [-0.39, 0.29) is 18.5 Å². The molecule has 0 aliphatic carbocycles. The Balaban J connectivity index is 1.70. The van der Waals surface area contributed by atoms with Crippen LogP contribution in [0.15, 0.2) is 66.0 Å². The van der Waals surface area contributed by atoms with E-state index in [0.29, 0.717) is 11.4 Å². The van der Waals surface area contributed by atoms with Gasteiger partial charge in [0, 0.05) is 4.88 Å². The highest BCUT2D eigenvalue weighted by molar-refractivity contribution is 7.10. The summed E-state index contributed by atoms with van der Waals surface area (Å²) in [7, 11) is 1.59. The van der Waals surface area contributed by atoms with Crippen LogP contribution in [0.2, 0.25) is 0 Å². The highest BCUT2D eigenvalue weighted by atomic mass is 32.1. The molecule has 1 aromatic heterocycles. The first-order valence-corrected chi connectivity index (χ1v) is 9.87. The fraction of sp³-hybridized carbons (Fsp3) is 0.227. The minimum atomic E-state index is -0.105. The van der Waals surface area contributed by atoms with Gasteiger partial charge < -0.3 is 10.1 Å². The summed E-state index contributed by atoms with van der Waals surface area (Å²) in [5, 5.41) is 8.35. The van der Waals surface area contributed by atoms with Gasteiger partial charge in [-0.05, 0) is 41.1 Å². The largest absolute Gasteiger partial charge is 0.495 e. The van der Waals surface area contributed by atoms with Crippen LogP contribution >= 0.6 is 11.3 Å². The Hall–Kier alpha value is -2.63. The topological polar surface area (TPSA) is 50.4 Å². The summed E-state index contributed by atoms with van der Waals surface area (Å²) in [6, 6.07) is 20.1. The quantitative estimate of drug-likeness (QED) is 0.599. The number of rotatable bonds is 8. The van der Waals surface area contributed by atoms with Crippen LogP contribution in [0.3, 0.4) is 0 Å². The van der Waals surface area contributed by atoms with E-state index in [4.69, 9.17) is 4.74 Å². The van der Waals surface area contributed by atoms with Crippen molar-refractivity contribution in [1.82, 2.24) is 5.32 Å². The molecule has 0 aliphatic heterocycles. The van der Waals surface area contributed by atoms with Gasteiger partial charge in [-0.25, -0.2) is 0 Å². The molecule has 0 saturated heterocycles. The molecule has 4 nitrogen and oxygen atoms in total. The van der Waals surface area contributed by atoms with Gasteiger partial charge in [-0.15, -0.1) is 11.3 Å². The minimum absolute atomic E-state index is 0.0145. The summed E-state index contributed by atoms with van der Waals surface area (Å²) in [5.41, 5.74) is 3.13. The van der Waals surface area contributed by atoms with Gasteiger partial charge in [0.2, 0.25) is 5.91 Å². The van der Waals surface area contributed by atoms with Crippen LogP contribution in [0.4, 0.5) is 5.69 Å². The van der Waals surface area contributed by atoms with Crippen LogP contribution in [0.5, 0.6) is 5.75 Å². The maximum atomic E-state index is 12.5. The second-order valence-corrected chi connectivity index (χ2v) is 7.15. The number of amides is 1. The molecule has 1 unspecified atom stereocenters. The number of methoxy groups -OCH3 is 1. The number of hydrogen-bond acceptors (Lipinski definition) is 4. The first kappa shape index (κ1) is 19.1. The molecule has 0 saturated carbocycles. The molecule has 3 rings (SSSR count). The third-order valence-electron chi connectivity index (χ3n) is 4.40. The number of thiophene rings is 1. The Labute approximate surface area is 164 Å². The van der Waals surface area contributed by atoms with Crippen LogP contribution in [0.25, 0.3) is 0 Å². The third kappa shape index (κ3) is 4.96. The highest BCUT2D eigenvalue weighted by Crippen LogP contribution is 2.27. The maximum Gasteiger partial charge on any atom is 0.238 e. The number of benzene rings is 2. The fourth-order valence-corrected chi connectivity index (χ4v) is 3.75. The minimum Gasteiger partial charge on any atom is -0.495 e. The first-order valence-electron chi connectivity index (χ1n) is 8.99. The number of para-hydroxylation sites is 2. The second kappa shape index (κ2) is 9.35. The number of aryl methyl sites for hydroxylation is 1. The van der Waals surface area contributed by atoms with E-state index in [9.17, 15) is 4.79 Å². The van der Waals surface area contributed by atoms with E-state index in [1.165, 1.54) is 10.4 Å². The van der Waals surface area contributed by atoms with E-state index in [0.717, 1.165) is 12.0 Å². The van der Waals surface area contributed by atoms with Crippen molar-refractivity contribution in [2.24, 2.45) is 0 Å². The van der Waals surface area contributed by atoms with Crippen molar-refractivity contribution in [3.8, 4) is 5.75 Å². The monoisotopic (exact) mass is 380 g/mol. The molecule has 3 aromatic rings. The zero-order valence-corrected chi connectivity index (χ0v) is 16.4. The van der Waals surface area contributed by atoms with Gasteiger partial charge in [0.05, 0.1) is 25.4 Å². The van der Waals surface area contributed by atoms with Gasteiger partial charge in [-0.3, -0.25) is 10.1 Å². The molecule has 1 atom stereocenters. The van der Waals surface area contributed by atoms with Crippen LogP contribution in [0.1, 0.15) is 29.0 Å². The molecule has 1 amide bonds. The van der Waals surface area contributed by atoms with Gasteiger partial charge >= 0.3 is 0 Å². The average Bonchev–Trinajstić information content (AvgIpc) is 3.23. The summed E-state index contributed by atoms with van der Waals surface area (Å²) in [6.07, 6.45) is 1.01. The van der Waals surface area contributed by atoms with Crippen LogP contribution < -0.4 is 15.4 Å². The maximum absolute atomic E-state index is 12.5. The third-order valence-corrected chi connectivity index (χ3v) is 5.33. The summed E-state index contributed by atoms with van der Waals surface area (Å²) in [5.74, 6) is 0.544. The predicted octanol–water partition coefficient (Wildman–Crippen LogP) is 4.64. The molecule has 2 aromatic carbocycles. The zero-order valence-electron chi connectivity index (χ0n) is 15.6. The van der Waals surface area contributed by atoms with Crippen LogP contribution in [-0.4, -0.2) is 19.6 Å². The van der Waals surface area contributed by atoms with E-state index < -0.39 is 0 Å². The molecule has 0 fully saturated rings. The summed E-state index contributed by atoms with van der Waals surface area (Å²) in [4.78, 5) is 13.6. The van der Waals surface area contributed by atoms with Crippen molar-refractivity contribution in [3.05, 3.63) is 82.0 Å². The molecular weight excluding hydrogens is 356 g/mol. The van der Waals surface area contributed by atoms with Crippen molar-refractivity contribution in [3.63, 3.8) is 0 Å². The smallest absolute Gasteiger partial charge is 0.238 e. The van der Waals surface area contributed by atoms with E-state index in [2.05, 4.69) is 53.3 Å². The second-order valence-electron chi connectivity index (χ2n) is 6.17. The number of carbonyl (C=O) groups is 1. The summed E-state index contributed by atoms with van der Waals surface area (Å²) < 4.78 is 5.29. The standard InChI is InChI=1S/C22H24N2O2S/c1-3-16-10-12-17(13-11-16)22(20-9-6-14-27-20)23-15-21(25)24-18-7-4-5-8-19(18)26-2/h4-14,22-23H,3,15H2,1-2H3,(H,24,25). The number of nitrogens with one attached hydrogen (secondary N) is 2. The van der Waals surface area contributed by atoms with Gasteiger partial charge in [-0.2, -0.15) is 0 Å². The predicted molar refractivity (Wildman–Crippen MR) is 112 cm³/mol. The van der Waals surface area contributed by atoms with E-state index >= 15 is 0 Å². The number of ether oxygens (including phenoxy) is 1. The molecule has 2 N–H and O–H groups in total. The Bertz CT molecular complexity index is 860. The van der Waals surface area contributed by atoms with Crippen molar-refractivity contribution in [2.45, 2.75) is 19.4 Å². The van der Waals surface area contributed by atoms with Crippen molar-refractivity contribution in [1.29, 1.82) is 0 Å². The number of carbonyl (C=O) groups excluding carboxylic acids is 1. The molecule has 140 valence electrons. The highest BCUT2D eigenvalue weighted by Gasteiger charge is 2.16. The average molecular weight is 381 g/mol. The van der Waals surface area contributed by atoms with Gasteiger partial charge in [0.25, 0.3) is 0 Å². The number of anilines is 1. The Kier molecular flexibility index (Phi) is 6.63. The normalized spacial score (nSPS) is 11.8. The van der Waals surface area contributed by atoms with Crippen molar-refractivity contribution >= 4 is 22.9 Å². The Morgan fingerprint density at radius 2 is 1.85 bits per heavy atom. The lowest BCUT2D eigenvalue weighted by Gasteiger charge is -2.18. The van der Waals surface area contributed by atoms with Gasteiger partial charge in [-0.1, -0.05) is 49.4 Å². The lowest BCUT2D eigenvalue weighted by molar-refractivity contribution is -0.115. The summed E-state index contributed by atoms with van der Waals surface area (Å²) >= 11 is 1.68. The molecule has 0 spiro atoms. The van der Waals surface area contributed by atoms with Crippen molar-refractivity contribution < 1.29 is 9.53 Å². The SMILES string of the molecule is CCc1ccc(C(NCC(=O)Nc2ccccc2OC)c2cccs2)cc1. The molecule has 27 heavy (non-hydrogen) atoms. The van der Waals surface area contributed by atoms with Crippen LogP contribution in [0, 0.1) is 0 Å². The lowest BCUT2D eigenvalue weighted by Crippen LogP contribution is -2.31. The molecular formula is C22H24N2O2S. The Morgan fingerprint density at radius 1 is 1.07 bits per heavy atom. The molecule has 0 aliphatic rings. The fourth-order valence-electron chi connectivity index (χ4n) is 2.92. The summed E-state index contributed by atoms with van der Waals surface area (Å²) in [6.45, 7) is 2.35.